The van der Waals surface area contributed by atoms with Gasteiger partial charge in [0.25, 0.3) is 5.56 Å². The molecule has 0 radical (unpaired) electrons. The Hall–Kier alpha value is -2.54. The van der Waals surface area contributed by atoms with E-state index in [0.717, 1.165) is 0 Å². The molecular formula is C17H20N2O5. The summed E-state index contributed by atoms with van der Waals surface area (Å²) in [6, 6.07) is 7.13. The molecule has 0 saturated heterocycles. The quantitative estimate of drug-likeness (QED) is 0.726. The van der Waals surface area contributed by atoms with Crippen LogP contribution in [0, 0.1) is 5.92 Å². The Morgan fingerprint density at radius 3 is 2.75 bits per heavy atom. The summed E-state index contributed by atoms with van der Waals surface area (Å²) in [6.07, 6.45) is 0.154. The SMILES string of the molecule is COC(=O)[C@H]1[C@H](c2cccc(OC)c2)c2c([nH][nH]c2=O)C[C@]1(C)O. The second-order valence-corrected chi connectivity index (χ2v) is 6.26. The highest BCUT2D eigenvalue weighted by Gasteiger charge is 2.51. The van der Waals surface area contributed by atoms with Gasteiger partial charge in [0.1, 0.15) is 5.75 Å². The predicted molar refractivity (Wildman–Crippen MR) is 86.1 cm³/mol. The van der Waals surface area contributed by atoms with Crippen molar-refractivity contribution in [2.24, 2.45) is 5.92 Å². The number of methoxy groups -OCH3 is 2. The van der Waals surface area contributed by atoms with E-state index in [1.54, 1.807) is 38.3 Å². The third-order valence-corrected chi connectivity index (χ3v) is 4.65. The second-order valence-electron chi connectivity index (χ2n) is 6.26. The molecule has 24 heavy (non-hydrogen) atoms. The lowest BCUT2D eigenvalue weighted by Gasteiger charge is -2.40. The van der Waals surface area contributed by atoms with Crippen LogP contribution in [0.4, 0.5) is 0 Å². The lowest BCUT2D eigenvalue weighted by molar-refractivity contribution is -0.156. The number of carbonyl (C=O) groups is 1. The number of aliphatic hydroxyl groups is 1. The molecule has 1 heterocycles. The molecule has 0 fully saturated rings. The third-order valence-electron chi connectivity index (χ3n) is 4.65. The van der Waals surface area contributed by atoms with Gasteiger partial charge in [-0.15, -0.1) is 0 Å². The second kappa shape index (κ2) is 5.83. The van der Waals surface area contributed by atoms with E-state index in [2.05, 4.69) is 10.2 Å². The Balaban J connectivity index is 2.25. The van der Waals surface area contributed by atoms with E-state index < -0.39 is 23.4 Å². The van der Waals surface area contributed by atoms with Gasteiger partial charge in [-0.05, 0) is 24.6 Å². The Bertz CT molecular complexity index is 820. The topological polar surface area (TPSA) is 104 Å². The van der Waals surface area contributed by atoms with Crippen LogP contribution >= 0.6 is 0 Å². The van der Waals surface area contributed by atoms with Gasteiger partial charge in [0.2, 0.25) is 0 Å². The zero-order chi connectivity index (χ0) is 17.5. The minimum Gasteiger partial charge on any atom is -0.497 e. The maximum atomic E-state index is 12.4. The molecular weight excluding hydrogens is 312 g/mol. The first-order chi connectivity index (χ1) is 11.4. The molecule has 7 nitrogen and oxygen atoms in total. The molecule has 3 N–H and O–H groups in total. The van der Waals surface area contributed by atoms with E-state index in [-0.39, 0.29) is 12.0 Å². The number of aromatic nitrogens is 2. The van der Waals surface area contributed by atoms with E-state index in [0.29, 0.717) is 22.6 Å². The number of H-pyrrole nitrogens is 2. The summed E-state index contributed by atoms with van der Waals surface area (Å²) in [5, 5.41) is 16.2. The molecule has 0 spiro atoms. The van der Waals surface area contributed by atoms with Crippen LogP contribution in [0.5, 0.6) is 5.75 Å². The average molecular weight is 332 g/mol. The van der Waals surface area contributed by atoms with Crippen molar-refractivity contribution in [1.82, 2.24) is 10.2 Å². The number of carbonyl (C=O) groups excluding carboxylic acids is 1. The molecule has 3 rings (SSSR count). The van der Waals surface area contributed by atoms with Crippen molar-refractivity contribution in [3.8, 4) is 5.75 Å². The molecule has 0 aliphatic heterocycles. The number of hydrogen-bond acceptors (Lipinski definition) is 5. The van der Waals surface area contributed by atoms with Crippen LogP contribution in [0.2, 0.25) is 0 Å². The predicted octanol–water partition coefficient (Wildman–Crippen LogP) is 0.940. The van der Waals surface area contributed by atoms with Crippen LogP contribution < -0.4 is 10.3 Å². The van der Waals surface area contributed by atoms with Gasteiger partial charge in [-0.2, -0.15) is 0 Å². The fourth-order valence-corrected chi connectivity index (χ4v) is 3.58. The van der Waals surface area contributed by atoms with Gasteiger partial charge in [-0.3, -0.25) is 14.7 Å². The zero-order valence-electron chi connectivity index (χ0n) is 13.8. The van der Waals surface area contributed by atoms with Crippen LogP contribution in [0.15, 0.2) is 29.1 Å². The first kappa shape index (κ1) is 16.3. The summed E-state index contributed by atoms with van der Waals surface area (Å²) >= 11 is 0. The summed E-state index contributed by atoms with van der Waals surface area (Å²) in [4.78, 5) is 24.7. The number of rotatable bonds is 3. The molecule has 128 valence electrons. The molecule has 1 aromatic carbocycles. The lowest BCUT2D eigenvalue weighted by Crippen LogP contribution is -2.49. The zero-order valence-corrected chi connectivity index (χ0v) is 13.8. The van der Waals surface area contributed by atoms with Crippen molar-refractivity contribution in [2.75, 3.05) is 14.2 Å². The molecule has 2 aromatic rings. The van der Waals surface area contributed by atoms with Crippen LogP contribution in [0.25, 0.3) is 0 Å². The van der Waals surface area contributed by atoms with E-state index in [1.807, 2.05) is 0 Å². The fraction of sp³-hybridized carbons (Fsp3) is 0.412. The maximum Gasteiger partial charge on any atom is 0.312 e. The smallest absolute Gasteiger partial charge is 0.312 e. The average Bonchev–Trinajstić information content (AvgIpc) is 2.92. The summed E-state index contributed by atoms with van der Waals surface area (Å²) in [5.74, 6) is -1.49. The van der Waals surface area contributed by atoms with Crippen molar-refractivity contribution < 1.29 is 19.4 Å². The molecule has 0 unspecified atom stereocenters. The van der Waals surface area contributed by atoms with E-state index in [4.69, 9.17) is 9.47 Å². The molecule has 0 bridgehead atoms. The van der Waals surface area contributed by atoms with Crippen molar-refractivity contribution in [3.63, 3.8) is 0 Å². The number of benzene rings is 1. The van der Waals surface area contributed by atoms with Gasteiger partial charge >= 0.3 is 5.97 Å². The Kier molecular flexibility index (Phi) is 3.96. The summed E-state index contributed by atoms with van der Waals surface area (Å²) in [6.45, 7) is 1.58. The van der Waals surface area contributed by atoms with Crippen LogP contribution in [-0.4, -0.2) is 41.1 Å². The molecule has 1 aromatic heterocycles. The Labute approximate surface area is 138 Å². The number of nitrogens with one attached hydrogen (secondary N) is 2. The van der Waals surface area contributed by atoms with Crippen molar-refractivity contribution >= 4 is 5.97 Å². The number of fused-ring (bicyclic) bond motifs is 1. The van der Waals surface area contributed by atoms with Gasteiger partial charge in [0, 0.05) is 23.6 Å². The van der Waals surface area contributed by atoms with Gasteiger partial charge < -0.3 is 19.7 Å². The molecule has 1 aliphatic rings. The van der Waals surface area contributed by atoms with Crippen molar-refractivity contribution in [2.45, 2.75) is 24.9 Å². The number of ether oxygens (including phenoxy) is 2. The van der Waals surface area contributed by atoms with Gasteiger partial charge in [0.05, 0.1) is 25.7 Å². The summed E-state index contributed by atoms with van der Waals surface area (Å²) < 4.78 is 10.2. The largest absolute Gasteiger partial charge is 0.497 e. The normalized spacial score (nSPS) is 25.8. The molecule has 7 heteroatoms. The van der Waals surface area contributed by atoms with E-state index in [9.17, 15) is 14.7 Å². The van der Waals surface area contributed by atoms with Crippen LogP contribution in [0.1, 0.15) is 29.7 Å². The molecule has 3 atom stereocenters. The minimum absolute atomic E-state index is 0.154. The van der Waals surface area contributed by atoms with E-state index >= 15 is 0 Å². The Morgan fingerprint density at radius 2 is 2.08 bits per heavy atom. The van der Waals surface area contributed by atoms with Gasteiger partial charge in [-0.25, -0.2) is 0 Å². The molecule has 0 saturated carbocycles. The highest BCUT2D eigenvalue weighted by atomic mass is 16.5. The molecule has 1 aliphatic carbocycles. The van der Waals surface area contributed by atoms with Gasteiger partial charge in [0.15, 0.2) is 0 Å². The number of esters is 1. The lowest BCUT2D eigenvalue weighted by atomic mass is 9.66. The minimum atomic E-state index is -1.36. The fourth-order valence-electron chi connectivity index (χ4n) is 3.58. The van der Waals surface area contributed by atoms with Crippen molar-refractivity contribution in [3.05, 3.63) is 51.4 Å². The van der Waals surface area contributed by atoms with E-state index in [1.165, 1.54) is 7.11 Å². The standard InChI is InChI=1S/C17H20N2O5/c1-17(22)8-11-13(15(20)19-18-11)12(14(17)16(21)24-3)9-5-4-6-10(7-9)23-2/h4-7,12,14,22H,8H2,1-3H3,(H2,18,19,20)/t12-,14-,17+/m1/s1. The molecule has 0 amide bonds. The summed E-state index contributed by atoms with van der Waals surface area (Å²) in [5.41, 5.74) is 0.0837. The van der Waals surface area contributed by atoms with Gasteiger partial charge in [-0.1, -0.05) is 12.1 Å². The first-order valence-electron chi connectivity index (χ1n) is 7.62. The highest BCUT2D eigenvalue weighted by molar-refractivity contribution is 5.77. The van der Waals surface area contributed by atoms with Crippen LogP contribution in [0.3, 0.4) is 0 Å². The first-order valence-corrected chi connectivity index (χ1v) is 7.62. The summed E-state index contributed by atoms with van der Waals surface area (Å²) in [7, 11) is 2.82. The number of aromatic amines is 2. The third kappa shape index (κ3) is 2.50. The number of hydrogen-bond donors (Lipinski definition) is 3. The Morgan fingerprint density at radius 1 is 1.33 bits per heavy atom. The highest BCUT2D eigenvalue weighted by Crippen LogP contribution is 2.44. The monoisotopic (exact) mass is 332 g/mol. The maximum absolute atomic E-state index is 12.4. The van der Waals surface area contributed by atoms with Crippen LogP contribution in [-0.2, 0) is 16.0 Å². The van der Waals surface area contributed by atoms with Crippen molar-refractivity contribution in [1.29, 1.82) is 0 Å².